The SMILES string of the molecule is Cc1cc2occ(CC(=O)N(C)CCO)c2cc1C(C)C. The Morgan fingerprint density at radius 1 is 1.38 bits per heavy atom. The summed E-state index contributed by atoms with van der Waals surface area (Å²) in [6, 6.07) is 4.17. The zero-order valence-corrected chi connectivity index (χ0v) is 13.1. The van der Waals surface area contributed by atoms with Crippen molar-refractivity contribution in [3.8, 4) is 0 Å². The molecule has 0 radical (unpaired) electrons. The summed E-state index contributed by atoms with van der Waals surface area (Å²) in [5, 5.41) is 9.91. The first-order chi connectivity index (χ1) is 9.93. The fourth-order valence-corrected chi connectivity index (χ4v) is 2.58. The lowest BCUT2D eigenvalue weighted by Crippen LogP contribution is -2.30. The zero-order chi connectivity index (χ0) is 15.6. The molecule has 1 aromatic carbocycles. The maximum Gasteiger partial charge on any atom is 0.226 e. The quantitative estimate of drug-likeness (QED) is 0.921. The van der Waals surface area contributed by atoms with Crippen molar-refractivity contribution >= 4 is 16.9 Å². The van der Waals surface area contributed by atoms with E-state index in [0.717, 1.165) is 16.5 Å². The third-order valence-corrected chi connectivity index (χ3v) is 3.87. The number of aliphatic hydroxyl groups is 1. The molecule has 0 aliphatic heterocycles. The molecule has 1 amide bonds. The summed E-state index contributed by atoms with van der Waals surface area (Å²) in [4.78, 5) is 13.6. The molecule has 2 rings (SSSR count). The highest BCUT2D eigenvalue weighted by Gasteiger charge is 2.15. The summed E-state index contributed by atoms with van der Waals surface area (Å²) in [5.41, 5.74) is 4.22. The predicted molar refractivity (Wildman–Crippen MR) is 83.5 cm³/mol. The van der Waals surface area contributed by atoms with E-state index in [2.05, 4.69) is 26.8 Å². The Kier molecular flexibility index (Phi) is 4.68. The fourth-order valence-electron chi connectivity index (χ4n) is 2.58. The van der Waals surface area contributed by atoms with Crippen molar-refractivity contribution in [2.24, 2.45) is 0 Å². The lowest BCUT2D eigenvalue weighted by molar-refractivity contribution is -0.129. The van der Waals surface area contributed by atoms with E-state index in [-0.39, 0.29) is 12.5 Å². The van der Waals surface area contributed by atoms with Crippen LogP contribution in [-0.2, 0) is 11.2 Å². The Bertz CT molecular complexity index is 643. The van der Waals surface area contributed by atoms with Crippen LogP contribution in [0.5, 0.6) is 0 Å². The molecule has 4 heteroatoms. The Morgan fingerprint density at radius 3 is 2.71 bits per heavy atom. The second kappa shape index (κ2) is 6.31. The zero-order valence-electron chi connectivity index (χ0n) is 13.1. The summed E-state index contributed by atoms with van der Waals surface area (Å²) in [6.45, 7) is 6.73. The largest absolute Gasteiger partial charge is 0.464 e. The van der Waals surface area contributed by atoms with Gasteiger partial charge in [-0.3, -0.25) is 4.79 Å². The Balaban J connectivity index is 2.33. The Hall–Kier alpha value is -1.81. The highest BCUT2D eigenvalue weighted by Crippen LogP contribution is 2.29. The standard InChI is InChI=1S/C17H23NO3/c1-11(2)14-9-15-13(8-17(20)18(4)5-6-19)10-21-16(15)7-12(14)3/h7,9-11,19H,5-6,8H2,1-4H3. The smallest absolute Gasteiger partial charge is 0.226 e. The van der Waals surface area contributed by atoms with Crippen LogP contribution in [0.25, 0.3) is 11.0 Å². The molecule has 1 heterocycles. The first kappa shape index (κ1) is 15.6. The van der Waals surface area contributed by atoms with Gasteiger partial charge in [0, 0.05) is 24.5 Å². The molecule has 0 bridgehead atoms. The molecular formula is C17H23NO3. The number of rotatable bonds is 5. The number of carbonyl (C=O) groups is 1. The van der Waals surface area contributed by atoms with Gasteiger partial charge in [0.1, 0.15) is 5.58 Å². The number of likely N-dealkylation sites (N-methyl/N-ethyl adjacent to an activating group) is 1. The highest BCUT2D eigenvalue weighted by atomic mass is 16.3. The molecule has 0 saturated carbocycles. The maximum absolute atomic E-state index is 12.1. The Morgan fingerprint density at radius 2 is 2.10 bits per heavy atom. The minimum atomic E-state index is -0.0228. The van der Waals surface area contributed by atoms with Crippen molar-refractivity contribution in [1.29, 1.82) is 0 Å². The molecule has 0 spiro atoms. The van der Waals surface area contributed by atoms with E-state index in [1.807, 2.05) is 6.07 Å². The van der Waals surface area contributed by atoms with Gasteiger partial charge in [0.2, 0.25) is 5.91 Å². The van der Waals surface area contributed by atoms with Crippen LogP contribution < -0.4 is 0 Å². The number of benzene rings is 1. The summed E-state index contributed by atoms with van der Waals surface area (Å²) in [5.74, 6) is 0.420. The Labute approximate surface area is 125 Å². The van der Waals surface area contributed by atoms with Crippen LogP contribution in [0.4, 0.5) is 0 Å². The van der Waals surface area contributed by atoms with Gasteiger partial charge in [-0.15, -0.1) is 0 Å². The average Bonchev–Trinajstić information content (AvgIpc) is 2.80. The van der Waals surface area contributed by atoms with Crippen LogP contribution in [0.3, 0.4) is 0 Å². The van der Waals surface area contributed by atoms with Crippen LogP contribution in [0, 0.1) is 6.92 Å². The van der Waals surface area contributed by atoms with Gasteiger partial charge in [-0.05, 0) is 36.1 Å². The molecule has 0 atom stereocenters. The van der Waals surface area contributed by atoms with E-state index in [9.17, 15) is 4.79 Å². The molecule has 0 saturated heterocycles. The van der Waals surface area contributed by atoms with Gasteiger partial charge >= 0.3 is 0 Å². The fraction of sp³-hybridized carbons (Fsp3) is 0.471. The van der Waals surface area contributed by atoms with Gasteiger partial charge in [-0.2, -0.15) is 0 Å². The number of nitrogens with zero attached hydrogens (tertiary/aromatic N) is 1. The van der Waals surface area contributed by atoms with E-state index >= 15 is 0 Å². The van der Waals surface area contributed by atoms with E-state index in [1.54, 1.807) is 13.3 Å². The summed E-state index contributed by atoms with van der Waals surface area (Å²) in [7, 11) is 1.70. The van der Waals surface area contributed by atoms with Gasteiger partial charge < -0.3 is 14.4 Å². The molecule has 0 aliphatic rings. The van der Waals surface area contributed by atoms with Gasteiger partial charge in [0.15, 0.2) is 0 Å². The predicted octanol–water partition coefficient (Wildman–Crippen LogP) is 2.86. The average molecular weight is 289 g/mol. The van der Waals surface area contributed by atoms with Gasteiger partial charge in [-0.25, -0.2) is 0 Å². The van der Waals surface area contributed by atoms with Crippen molar-refractivity contribution in [3.63, 3.8) is 0 Å². The minimum Gasteiger partial charge on any atom is -0.464 e. The lowest BCUT2D eigenvalue weighted by Gasteiger charge is -2.15. The number of hydrogen-bond acceptors (Lipinski definition) is 3. The molecule has 1 N–H and O–H groups in total. The number of aryl methyl sites for hydroxylation is 1. The number of hydrogen-bond donors (Lipinski definition) is 1. The molecule has 2 aromatic rings. The van der Waals surface area contributed by atoms with Gasteiger partial charge in [-0.1, -0.05) is 13.8 Å². The van der Waals surface area contributed by atoms with Crippen molar-refractivity contribution in [1.82, 2.24) is 4.90 Å². The second-order valence-electron chi connectivity index (χ2n) is 5.84. The molecule has 0 unspecified atom stereocenters. The van der Waals surface area contributed by atoms with Crippen molar-refractivity contribution in [2.45, 2.75) is 33.1 Å². The van der Waals surface area contributed by atoms with E-state index < -0.39 is 0 Å². The number of furan rings is 1. The normalized spacial score (nSPS) is 11.3. The maximum atomic E-state index is 12.1. The topological polar surface area (TPSA) is 53.7 Å². The third kappa shape index (κ3) is 3.27. The minimum absolute atomic E-state index is 0.0154. The van der Waals surface area contributed by atoms with Crippen LogP contribution in [0.1, 0.15) is 36.5 Å². The van der Waals surface area contributed by atoms with Gasteiger partial charge in [0.25, 0.3) is 0 Å². The number of amides is 1. The first-order valence-corrected chi connectivity index (χ1v) is 7.29. The van der Waals surface area contributed by atoms with Crippen molar-refractivity contribution < 1.29 is 14.3 Å². The molecular weight excluding hydrogens is 266 g/mol. The molecule has 4 nitrogen and oxygen atoms in total. The third-order valence-electron chi connectivity index (χ3n) is 3.87. The van der Waals surface area contributed by atoms with E-state index in [0.29, 0.717) is 18.9 Å². The first-order valence-electron chi connectivity index (χ1n) is 7.29. The van der Waals surface area contributed by atoms with Crippen LogP contribution in [0.15, 0.2) is 22.8 Å². The highest BCUT2D eigenvalue weighted by molar-refractivity contribution is 5.88. The van der Waals surface area contributed by atoms with E-state index in [4.69, 9.17) is 9.52 Å². The van der Waals surface area contributed by atoms with E-state index in [1.165, 1.54) is 16.0 Å². The molecule has 21 heavy (non-hydrogen) atoms. The van der Waals surface area contributed by atoms with Crippen molar-refractivity contribution in [2.75, 3.05) is 20.2 Å². The van der Waals surface area contributed by atoms with Crippen LogP contribution in [0.2, 0.25) is 0 Å². The monoisotopic (exact) mass is 289 g/mol. The number of fused-ring (bicyclic) bond motifs is 1. The van der Waals surface area contributed by atoms with Crippen LogP contribution >= 0.6 is 0 Å². The molecule has 1 aromatic heterocycles. The number of carbonyl (C=O) groups excluding carboxylic acids is 1. The number of aliphatic hydroxyl groups excluding tert-OH is 1. The molecule has 0 aliphatic carbocycles. The van der Waals surface area contributed by atoms with Crippen LogP contribution in [-0.4, -0.2) is 36.1 Å². The summed E-state index contributed by atoms with van der Waals surface area (Å²) in [6.07, 6.45) is 1.96. The summed E-state index contributed by atoms with van der Waals surface area (Å²) < 4.78 is 5.59. The van der Waals surface area contributed by atoms with Gasteiger partial charge in [0.05, 0.1) is 19.3 Å². The lowest BCUT2D eigenvalue weighted by atomic mass is 9.95. The summed E-state index contributed by atoms with van der Waals surface area (Å²) >= 11 is 0. The van der Waals surface area contributed by atoms with Crippen molar-refractivity contribution in [3.05, 3.63) is 35.1 Å². The molecule has 0 fully saturated rings. The molecule has 114 valence electrons. The second-order valence-corrected chi connectivity index (χ2v) is 5.84.